The summed E-state index contributed by atoms with van der Waals surface area (Å²) in [6.07, 6.45) is 1.51. The van der Waals surface area contributed by atoms with E-state index in [0.29, 0.717) is 5.69 Å². The molecule has 0 spiro atoms. The Bertz CT molecular complexity index is 353. The van der Waals surface area contributed by atoms with Gasteiger partial charge in [0, 0.05) is 33.2 Å². The summed E-state index contributed by atoms with van der Waals surface area (Å²) in [5, 5.41) is 7.90. The van der Waals surface area contributed by atoms with Gasteiger partial charge in [-0.05, 0) is 7.05 Å². The minimum absolute atomic E-state index is 0.0174. The average molecular weight is 209 g/mol. The topological polar surface area (TPSA) is 54.3 Å². The number of amides is 1. The monoisotopic (exact) mass is 209 g/mol. The molecule has 0 aliphatic carbocycles. The van der Waals surface area contributed by atoms with Gasteiger partial charge >= 0.3 is 0 Å². The van der Waals surface area contributed by atoms with Crippen LogP contribution in [-0.4, -0.2) is 63.9 Å². The third kappa shape index (κ3) is 2.15. The van der Waals surface area contributed by atoms with Crippen LogP contribution in [0.5, 0.6) is 0 Å². The van der Waals surface area contributed by atoms with Gasteiger partial charge in [-0.2, -0.15) is 9.90 Å². The van der Waals surface area contributed by atoms with Gasteiger partial charge in [0.15, 0.2) is 5.69 Å². The molecule has 0 saturated carbocycles. The summed E-state index contributed by atoms with van der Waals surface area (Å²) < 4.78 is 0. The van der Waals surface area contributed by atoms with E-state index in [0.717, 1.165) is 26.2 Å². The maximum Gasteiger partial charge on any atom is 0.276 e. The Kier molecular flexibility index (Phi) is 2.68. The van der Waals surface area contributed by atoms with Crippen LogP contribution in [-0.2, 0) is 7.05 Å². The smallest absolute Gasteiger partial charge is 0.276 e. The Morgan fingerprint density at radius 3 is 2.47 bits per heavy atom. The van der Waals surface area contributed by atoms with Crippen LogP contribution in [0.4, 0.5) is 0 Å². The van der Waals surface area contributed by atoms with Gasteiger partial charge in [0.25, 0.3) is 5.91 Å². The molecule has 0 N–H and O–H groups in total. The van der Waals surface area contributed by atoms with Gasteiger partial charge in [-0.1, -0.05) is 0 Å². The Hall–Kier alpha value is -1.43. The van der Waals surface area contributed by atoms with E-state index in [-0.39, 0.29) is 5.91 Å². The third-order valence-corrected chi connectivity index (χ3v) is 2.61. The first-order valence-electron chi connectivity index (χ1n) is 5.01. The van der Waals surface area contributed by atoms with E-state index < -0.39 is 0 Å². The fraction of sp³-hybridized carbons (Fsp3) is 0.667. The highest BCUT2D eigenvalue weighted by molar-refractivity contribution is 5.91. The van der Waals surface area contributed by atoms with E-state index in [1.807, 2.05) is 4.90 Å². The number of aryl methyl sites for hydroxylation is 1. The number of hydrogen-bond donors (Lipinski definition) is 0. The number of rotatable bonds is 1. The lowest BCUT2D eigenvalue weighted by molar-refractivity contribution is 0.0657. The third-order valence-electron chi connectivity index (χ3n) is 2.61. The van der Waals surface area contributed by atoms with Crippen molar-refractivity contribution in [3.63, 3.8) is 0 Å². The SMILES string of the molecule is CN1CCN(C(=O)c2cnn(C)n2)CC1. The van der Waals surface area contributed by atoms with E-state index in [1.54, 1.807) is 7.05 Å². The number of carbonyl (C=O) groups is 1. The molecule has 6 heteroatoms. The predicted octanol–water partition coefficient (Wildman–Crippen LogP) is -0.797. The van der Waals surface area contributed by atoms with Crippen LogP contribution < -0.4 is 0 Å². The molecule has 1 aromatic rings. The van der Waals surface area contributed by atoms with Crippen molar-refractivity contribution in [3.05, 3.63) is 11.9 Å². The van der Waals surface area contributed by atoms with Crippen LogP contribution in [0.2, 0.25) is 0 Å². The van der Waals surface area contributed by atoms with Gasteiger partial charge in [-0.15, -0.1) is 5.10 Å². The standard InChI is InChI=1S/C9H15N5O/c1-12-3-5-14(6-4-12)9(15)8-7-10-13(2)11-8/h7H,3-6H2,1-2H3. The van der Waals surface area contributed by atoms with Crippen molar-refractivity contribution in [1.82, 2.24) is 24.8 Å². The first-order valence-corrected chi connectivity index (χ1v) is 5.01. The Balaban J connectivity index is 2.02. The highest BCUT2D eigenvalue weighted by atomic mass is 16.2. The summed E-state index contributed by atoms with van der Waals surface area (Å²) in [7, 11) is 3.77. The maximum absolute atomic E-state index is 11.9. The molecule has 1 saturated heterocycles. The molecule has 15 heavy (non-hydrogen) atoms. The van der Waals surface area contributed by atoms with Crippen LogP contribution in [0.1, 0.15) is 10.5 Å². The zero-order valence-corrected chi connectivity index (χ0v) is 9.05. The Morgan fingerprint density at radius 1 is 1.27 bits per heavy atom. The fourth-order valence-electron chi connectivity index (χ4n) is 1.62. The summed E-state index contributed by atoms with van der Waals surface area (Å²) in [6.45, 7) is 3.38. The number of piperazine rings is 1. The van der Waals surface area contributed by atoms with Crippen LogP contribution in [0, 0.1) is 0 Å². The van der Waals surface area contributed by atoms with Crippen molar-refractivity contribution in [2.75, 3.05) is 33.2 Å². The zero-order valence-electron chi connectivity index (χ0n) is 9.05. The Morgan fingerprint density at radius 2 is 1.93 bits per heavy atom. The minimum atomic E-state index is -0.0174. The summed E-state index contributed by atoms with van der Waals surface area (Å²) >= 11 is 0. The molecule has 0 radical (unpaired) electrons. The normalized spacial score (nSPS) is 18.1. The van der Waals surface area contributed by atoms with Gasteiger partial charge in [-0.25, -0.2) is 0 Å². The van der Waals surface area contributed by atoms with Crippen molar-refractivity contribution < 1.29 is 4.79 Å². The molecule has 1 aliphatic rings. The van der Waals surface area contributed by atoms with Crippen molar-refractivity contribution in [2.24, 2.45) is 7.05 Å². The molecular weight excluding hydrogens is 194 g/mol. The lowest BCUT2D eigenvalue weighted by Crippen LogP contribution is -2.47. The van der Waals surface area contributed by atoms with Crippen LogP contribution in [0.25, 0.3) is 0 Å². The second kappa shape index (κ2) is 3.98. The van der Waals surface area contributed by atoms with Crippen molar-refractivity contribution in [2.45, 2.75) is 0 Å². The van der Waals surface area contributed by atoms with Gasteiger partial charge in [-0.3, -0.25) is 4.79 Å². The Labute approximate surface area is 88.5 Å². The second-order valence-corrected chi connectivity index (χ2v) is 3.81. The molecule has 82 valence electrons. The van der Waals surface area contributed by atoms with Crippen LogP contribution >= 0.6 is 0 Å². The van der Waals surface area contributed by atoms with E-state index in [1.165, 1.54) is 11.0 Å². The fourth-order valence-corrected chi connectivity index (χ4v) is 1.62. The highest BCUT2D eigenvalue weighted by Gasteiger charge is 2.22. The summed E-state index contributed by atoms with van der Waals surface area (Å²) in [6, 6.07) is 0. The van der Waals surface area contributed by atoms with Crippen molar-refractivity contribution in [1.29, 1.82) is 0 Å². The molecule has 1 fully saturated rings. The molecule has 1 amide bonds. The first kappa shape index (κ1) is 10.1. The number of nitrogens with zero attached hydrogens (tertiary/aromatic N) is 5. The van der Waals surface area contributed by atoms with Gasteiger partial charge in [0.1, 0.15) is 0 Å². The maximum atomic E-state index is 11.9. The van der Waals surface area contributed by atoms with Gasteiger partial charge < -0.3 is 9.80 Å². The molecule has 0 atom stereocenters. The lowest BCUT2D eigenvalue weighted by Gasteiger charge is -2.31. The average Bonchev–Trinajstić information content (AvgIpc) is 2.65. The van der Waals surface area contributed by atoms with E-state index in [4.69, 9.17) is 0 Å². The van der Waals surface area contributed by atoms with E-state index >= 15 is 0 Å². The van der Waals surface area contributed by atoms with Crippen LogP contribution in [0.15, 0.2) is 6.20 Å². The molecule has 0 bridgehead atoms. The molecule has 2 heterocycles. The number of hydrogen-bond acceptors (Lipinski definition) is 4. The highest BCUT2D eigenvalue weighted by Crippen LogP contribution is 2.04. The largest absolute Gasteiger partial charge is 0.335 e. The summed E-state index contributed by atoms with van der Waals surface area (Å²) in [4.78, 5) is 17.3. The van der Waals surface area contributed by atoms with Crippen molar-refractivity contribution >= 4 is 5.91 Å². The summed E-state index contributed by atoms with van der Waals surface area (Å²) in [5.74, 6) is -0.0174. The van der Waals surface area contributed by atoms with Gasteiger partial charge in [0.05, 0.1) is 6.20 Å². The first-order chi connectivity index (χ1) is 7.16. The number of aromatic nitrogens is 3. The molecular formula is C9H15N5O. The lowest BCUT2D eigenvalue weighted by atomic mass is 10.3. The molecule has 1 aliphatic heterocycles. The molecule has 0 unspecified atom stereocenters. The second-order valence-electron chi connectivity index (χ2n) is 3.81. The number of likely N-dealkylation sites (N-methyl/N-ethyl adjacent to an activating group) is 1. The van der Waals surface area contributed by atoms with E-state index in [9.17, 15) is 4.79 Å². The molecule has 6 nitrogen and oxygen atoms in total. The predicted molar refractivity (Wildman–Crippen MR) is 54.4 cm³/mol. The molecule has 1 aromatic heterocycles. The minimum Gasteiger partial charge on any atom is -0.335 e. The summed E-state index contributed by atoms with van der Waals surface area (Å²) in [5.41, 5.74) is 0.432. The molecule has 2 rings (SSSR count). The quantitative estimate of drug-likeness (QED) is 0.608. The van der Waals surface area contributed by atoms with Crippen LogP contribution in [0.3, 0.4) is 0 Å². The van der Waals surface area contributed by atoms with Crippen molar-refractivity contribution in [3.8, 4) is 0 Å². The van der Waals surface area contributed by atoms with Gasteiger partial charge in [0.2, 0.25) is 0 Å². The van der Waals surface area contributed by atoms with E-state index in [2.05, 4.69) is 22.1 Å². The zero-order chi connectivity index (χ0) is 10.8. The number of carbonyl (C=O) groups excluding carboxylic acids is 1. The molecule has 0 aromatic carbocycles.